The number of carbonyl (C=O) groups is 1. The predicted molar refractivity (Wildman–Crippen MR) is 90.0 cm³/mol. The van der Waals surface area contributed by atoms with E-state index in [4.69, 9.17) is 4.74 Å². The highest BCUT2D eigenvalue weighted by atomic mass is 16.5. The molecule has 0 aromatic heterocycles. The summed E-state index contributed by atoms with van der Waals surface area (Å²) in [6.45, 7) is 7.90. The molecular formula is C20H22O2. The maximum atomic E-state index is 12.7. The molecule has 0 saturated heterocycles. The summed E-state index contributed by atoms with van der Waals surface area (Å²) >= 11 is 0. The molecule has 0 aliphatic heterocycles. The molecule has 0 atom stereocenters. The SMILES string of the molecule is C=CCC(C(=O)OC)(c1ccc(C)cc1)c1ccc(C)cc1. The zero-order valence-electron chi connectivity index (χ0n) is 13.4. The Labute approximate surface area is 132 Å². The molecule has 0 aliphatic rings. The van der Waals surface area contributed by atoms with E-state index >= 15 is 0 Å². The Morgan fingerprint density at radius 1 is 1.00 bits per heavy atom. The van der Waals surface area contributed by atoms with Gasteiger partial charge in [0.05, 0.1) is 7.11 Å². The van der Waals surface area contributed by atoms with Gasteiger partial charge in [-0.25, -0.2) is 0 Å². The Kier molecular flexibility index (Phi) is 4.81. The minimum atomic E-state index is -0.849. The summed E-state index contributed by atoms with van der Waals surface area (Å²) in [5.74, 6) is -0.264. The van der Waals surface area contributed by atoms with E-state index in [0.717, 1.165) is 22.3 Å². The fraction of sp³-hybridized carbons (Fsp3) is 0.250. The number of ether oxygens (including phenoxy) is 1. The second kappa shape index (κ2) is 6.61. The van der Waals surface area contributed by atoms with E-state index in [-0.39, 0.29) is 5.97 Å². The number of aryl methyl sites for hydroxylation is 2. The first-order valence-corrected chi connectivity index (χ1v) is 7.38. The number of hydrogen-bond donors (Lipinski definition) is 0. The topological polar surface area (TPSA) is 26.3 Å². The number of methoxy groups -OCH3 is 1. The molecule has 2 aromatic carbocycles. The zero-order valence-corrected chi connectivity index (χ0v) is 13.4. The van der Waals surface area contributed by atoms with Crippen molar-refractivity contribution in [2.75, 3.05) is 7.11 Å². The van der Waals surface area contributed by atoms with E-state index in [1.807, 2.05) is 62.4 Å². The molecule has 114 valence electrons. The molecule has 22 heavy (non-hydrogen) atoms. The highest BCUT2D eigenvalue weighted by Crippen LogP contribution is 2.37. The van der Waals surface area contributed by atoms with Crippen LogP contribution in [0.5, 0.6) is 0 Å². The Morgan fingerprint density at radius 3 is 1.73 bits per heavy atom. The minimum absolute atomic E-state index is 0.264. The third kappa shape index (κ3) is 2.82. The predicted octanol–water partition coefficient (Wildman–Crippen LogP) is 4.34. The first-order chi connectivity index (χ1) is 10.5. The van der Waals surface area contributed by atoms with Gasteiger partial charge < -0.3 is 4.74 Å². The van der Waals surface area contributed by atoms with Crippen molar-refractivity contribution in [3.8, 4) is 0 Å². The van der Waals surface area contributed by atoms with E-state index in [2.05, 4.69) is 6.58 Å². The summed E-state index contributed by atoms with van der Waals surface area (Å²) in [6, 6.07) is 16.1. The van der Waals surface area contributed by atoms with Crippen LogP contribution in [0, 0.1) is 13.8 Å². The minimum Gasteiger partial charge on any atom is -0.468 e. The monoisotopic (exact) mass is 294 g/mol. The van der Waals surface area contributed by atoms with Gasteiger partial charge in [0.15, 0.2) is 0 Å². The number of hydrogen-bond acceptors (Lipinski definition) is 2. The smallest absolute Gasteiger partial charge is 0.321 e. The van der Waals surface area contributed by atoms with Gasteiger partial charge >= 0.3 is 5.97 Å². The molecular weight excluding hydrogens is 272 g/mol. The molecule has 0 amide bonds. The molecule has 2 nitrogen and oxygen atoms in total. The van der Waals surface area contributed by atoms with Crippen LogP contribution in [0.3, 0.4) is 0 Å². The Hall–Kier alpha value is -2.35. The second-order valence-electron chi connectivity index (χ2n) is 5.62. The number of esters is 1. The van der Waals surface area contributed by atoms with Gasteiger partial charge in [0.2, 0.25) is 0 Å². The second-order valence-corrected chi connectivity index (χ2v) is 5.62. The highest BCUT2D eigenvalue weighted by molar-refractivity contribution is 5.88. The Bertz CT molecular complexity index is 606. The van der Waals surface area contributed by atoms with Crippen LogP contribution < -0.4 is 0 Å². The van der Waals surface area contributed by atoms with Crippen LogP contribution in [0.25, 0.3) is 0 Å². The van der Waals surface area contributed by atoms with Gasteiger partial charge in [-0.15, -0.1) is 6.58 Å². The van der Waals surface area contributed by atoms with Crippen LogP contribution in [-0.2, 0) is 14.9 Å². The number of carbonyl (C=O) groups excluding carboxylic acids is 1. The summed E-state index contributed by atoms with van der Waals surface area (Å²) < 4.78 is 5.15. The summed E-state index contributed by atoms with van der Waals surface area (Å²) in [4.78, 5) is 12.7. The van der Waals surface area contributed by atoms with Gasteiger partial charge in [-0.3, -0.25) is 4.79 Å². The van der Waals surface area contributed by atoms with Crippen LogP contribution >= 0.6 is 0 Å². The van der Waals surface area contributed by atoms with Crippen molar-refractivity contribution in [2.45, 2.75) is 25.7 Å². The largest absolute Gasteiger partial charge is 0.468 e. The summed E-state index contributed by atoms with van der Waals surface area (Å²) in [6.07, 6.45) is 2.27. The van der Waals surface area contributed by atoms with Gasteiger partial charge in [-0.05, 0) is 31.4 Å². The molecule has 0 heterocycles. The quantitative estimate of drug-likeness (QED) is 0.606. The molecule has 0 saturated carbocycles. The molecule has 0 bridgehead atoms. The average Bonchev–Trinajstić information content (AvgIpc) is 2.54. The molecule has 0 aliphatic carbocycles. The normalized spacial score (nSPS) is 11.0. The maximum Gasteiger partial charge on any atom is 0.321 e. The van der Waals surface area contributed by atoms with Crippen LogP contribution in [0.15, 0.2) is 61.2 Å². The molecule has 0 spiro atoms. The van der Waals surface area contributed by atoms with Crippen molar-refractivity contribution in [1.82, 2.24) is 0 Å². The number of allylic oxidation sites excluding steroid dienone is 1. The van der Waals surface area contributed by atoms with Crippen molar-refractivity contribution in [1.29, 1.82) is 0 Å². The van der Waals surface area contributed by atoms with Gasteiger partial charge in [-0.1, -0.05) is 65.7 Å². The molecule has 0 radical (unpaired) electrons. The first kappa shape index (κ1) is 16.0. The van der Waals surface area contributed by atoms with E-state index < -0.39 is 5.41 Å². The van der Waals surface area contributed by atoms with Crippen LogP contribution in [0.1, 0.15) is 28.7 Å². The van der Waals surface area contributed by atoms with Crippen molar-refractivity contribution in [3.05, 3.63) is 83.4 Å². The first-order valence-electron chi connectivity index (χ1n) is 7.38. The number of rotatable bonds is 5. The van der Waals surface area contributed by atoms with Gasteiger partial charge in [0, 0.05) is 0 Å². The Morgan fingerprint density at radius 2 is 1.41 bits per heavy atom. The zero-order chi connectivity index (χ0) is 16.2. The third-order valence-corrected chi connectivity index (χ3v) is 4.07. The summed E-state index contributed by atoms with van der Waals surface area (Å²) in [7, 11) is 1.43. The molecule has 0 N–H and O–H groups in total. The van der Waals surface area contributed by atoms with E-state index in [1.165, 1.54) is 7.11 Å². The fourth-order valence-corrected chi connectivity index (χ4v) is 2.79. The van der Waals surface area contributed by atoms with E-state index in [1.54, 1.807) is 6.08 Å². The summed E-state index contributed by atoms with van der Waals surface area (Å²) in [5, 5.41) is 0. The molecule has 0 unspecified atom stereocenters. The molecule has 2 aromatic rings. The Balaban J connectivity index is 2.70. The van der Waals surface area contributed by atoms with Crippen LogP contribution in [-0.4, -0.2) is 13.1 Å². The highest BCUT2D eigenvalue weighted by Gasteiger charge is 2.42. The molecule has 0 fully saturated rings. The van der Waals surface area contributed by atoms with Crippen molar-refractivity contribution in [3.63, 3.8) is 0 Å². The lowest BCUT2D eigenvalue weighted by Gasteiger charge is -2.31. The van der Waals surface area contributed by atoms with Crippen molar-refractivity contribution >= 4 is 5.97 Å². The van der Waals surface area contributed by atoms with Gasteiger partial charge in [0.1, 0.15) is 5.41 Å². The lowest BCUT2D eigenvalue weighted by atomic mass is 9.71. The van der Waals surface area contributed by atoms with Gasteiger partial charge in [-0.2, -0.15) is 0 Å². The van der Waals surface area contributed by atoms with E-state index in [0.29, 0.717) is 6.42 Å². The van der Waals surface area contributed by atoms with Crippen LogP contribution in [0.2, 0.25) is 0 Å². The van der Waals surface area contributed by atoms with E-state index in [9.17, 15) is 4.79 Å². The van der Waals surface area contributed by atoms with Crippen molar-refractivity contribution in [2.24, 2.45) is 0 Å². The van der Waals surface area contributed by atoms with Gasteiger partial charge in [0.25, 0.3) is 0 Å². The van der Waals surface area contributed by atoms with Crippen molar-refractivity contribution < 1.29 is 9.53 Å². The van der Waals surface area contributed by atoms with Crippen LogP contribution in [0.4, 0.5) is 0 Å². The third-order valence-electron chi connectivity index (χ3n) is 4.07. The fourth-order valence-electron chi connectivity index (χ4n) is 2.79. The lowest BCUT2D eigenvalue weighted by molar-refractivity contribution is -0.145. The standard InChI is InChI=1S/C20H22O2/c1-5-14-20(19(21)22-4,17-10-6-15(2)7-11-17)18-12-8-16(3)9-13-18/h5-13H,1,14H2,2-4H3. The summed E-state index contributed by atoms with van der Waals surface area (Å²) in [5.41, 5.74) is 3.32. The maximum absolute atomic E-state index is 12.7. The number of benzene rings is 2. The average molecular weight is 294 g/mol. The molecule has 2 rings (SSSR count). The molecule has 2 heteroatoms. The lowest BCUT2D eigenvalue weighted by Crippen LogP contribution is -2.38.